The Kier molecular flexibility index (Phi) is 7.13. The molecular weight excluding hydrogens is 426 g/mol. The maximum Gasteiger partial charge on any atom is 0.261 e. The second-order valence-corrected chi connectivity index (χ2v) is 8.70. The van der Waals surface area contributed by atoms with Gasteiger partial charge in [0.1, 0.15) is 5.75 Å². The molecule has 0 aliphatic heterocycles. The zero-order valence-corrected chi connectivity index (χ0v) is 18.5. The van der Waals surface area contributed by atoms with E-state index in [0.717, 1.165) is 5.56 Å². The van der Waals surface area contributed by atoms with Crippen LogP contribution in [-0.2, 0) is 10.0 Å². The Hall–Kier alpha value is -3.83. The molecule has 0 aromatic heterocycles. The van der Waals surface area contributed by atoms with Crippen LogP contribution in [0.3, 0.4) is 0 Å². The van der Waals surface area contributed by atoms with Gasteiger partial charge in [0.15, 0.2) is 0 Å². The predicted octanol–water partition coefficient (Wildman–Crippen LogP) is 4.25. The number of rotatable bonds is 8. The summed E-state index contributed by atoms with van der Waals surface area (Å²) in [6, 6.07) is 21.0. The Bertz CT molecular complexity index is 1210. The molecule has 8 heteroatoms. The van der Waals surface area contributed by atoms with E-state index in [4.69, 9.17) is 10.00 Å². The van der Waals surface area contributed by atoms with E-state index in [9.17, 15) is 13.2 Å². The van der Waals surface area contributed by atoms with Gasteiger partial charge in [-0.15, -0.1) is 0 Å². The average molecular weight is 450 g/mol. The van der Waals surface area contributed by atoms with E-state index in [2.05, 4.69) is 16.1 Å². The van der Waals surface area contributed by atoms with Crippen LogP contribution in [0.15, 0.2) is 77.7 Å². The minimum Gasteiger partial charge on any atom is -0.494 e. The highest BCUT2D eigenvalue weighted by Crippen LogP contribution is 2.20. The lowest BCUT2D eigenvalue weighted by Crippen LogP contribution is -2.26. The molecule has 3 rings (SSSR count). The van der Waals surface area contributed by atoms with Crippen molar-refractivity contribution in [1.82, 2.24) is 5.32 Å². The molecule has 0 fully saturated rings. The van der Waals surface area contributed by atoms with E-state index in [1.165, 1.54) is 24.3 Å². The van der Waals surface area contributed by atoms with E-state index in [1.807, 2.05) is 13.8 Å². The van der Waals surface area contributed by atoms with Crippen LogP contribution in [0.1, 0.15) is 41.4 Å². The van der Waals surface area contributed by atoms with E-state index in [-0.39, 0.29) is 16.8 Å². The van der Waals surface area contributed by atoms with Crippen LogP contribution in [0.4, 0.5) is 5.69 Å². The number of hydrogen-bond donors (Lipinski definition) is 2. The van der Waals surface area contributed by atoms with Gasteiger partial charge in [-0.25, -0.2) is 8.42 Å². The topological polar surface area (TPSA) is 108 Å². The molecule has 0 radical (unpaired) electrons. The highest BCUT2D eigenvalue weighted by atomic mass is 32.2. The average Bonchev–Trinajstić information content (AvgIpc) is 2.80. The lowest BCUT2D eigenvalue weighted by molar-refractivity contribution is 0.0940. The summed E-state index contributed by atoms with van der Waals surface area (Å²) in [7, 11) is -3.80. The number of sulfonamides is 1. The summed E-state index contributed by atoms with van der Waals surface area (Å²) in [6.45, 7) is 4.23. The van der Waals surface area contributed by atoms with Crippen molar-refractivity contribution in [2.75, 3.05) is 11.3 Å². The fraction of sp³-hybridized carbons (Fsp3) is 0.167. The first kappa shape index (κ1) is 22.8. The van der Waals surface area contributed by atoms with Crippen LogP contribution in [0.2, 0.25) is 0 Å². The zero-order chi connectivity index (χ0) is 23.1. The second-order valence-electron chi connectivity index (χ2n) is 7.02. The normalized spacial score (nSPS) is 11.8. The van der Waals surface area contributed by atoms with Gasteiger partial charge in [-0.3, -0.25) is 9.52 Å². The van der Waals surface area contributed by atoms with E-state index < -0.39 is 10.0 Å². The fourth-order valence-corrected chi connectivity index (χ4v) is 4.05. The molecule has 0 saturated heterocycles. The molecule has 0 saturated carbocycles. The van der Waals surface area contributed by atoms with Crippen molar-refractivity contribution in [2.45, 2.75) is 24.8 Å². The molecule has 0 aliphatic carbocycles. The lowest BCUT2D eigenvalue weighted by Gasteiger charge is -2.15. The number of anilines is 1. The summed E-state index contributed by atoms with van der Waals surface area (Å²) >= 11 is 0. The van der Waals surface area contributed by atoms with Crippen molar-refractivity contribution in [1.29, 1.82) is 5.26 Å². The van der Waals surface area contributed by atoms with E-state index in [1.54, 1.807) is 48.5 Å². The molecule has 3 aromatic rings. The quantitative estimate of drug-likeness (QED) is 0.534. The van der Waals surface area contributed by atoms with Gasteiger partial charge in [-0.05, 0) is 80.1 Å². The predicted molar refractivity (Wildman–Crippen MR) is 122 cm³/mol. The molecular formula is C24H23N3O4S. The van der Waals surface area contributed by atoms with Crippen molar-refractivity contribution in [3.8, 4) is 11.8 Å². The maximum atomic E-state index is 12.6. The monoisotopic (exact) mass is 449 g/mol. The summed E-state index contributed by atoms with van der Waals surface area (Å²) < 4.78 is 33.1. The van der Waals surface area contributed by atoms with Crippen LogP contribution >= 0.6 is 0 Å². The first-order chi connectivity index (χ1) is 15.3. The Morgan fingerprint density at radius 1 is 1.00 bits per heavy atom. The van der Waals surface area contributed by atoms with Crippen molar-refractivity contribution in [2.24, 2.45) is 0 Å². The Balaban J connectivity index is 1.66. The summed E-state index contributed by atoms with van der Waals surface area (Å²) in [6.07, 6.45) is 0. The molecule has 1 atom stereocenters. The molecule has 164 valence electrons. The third kappa shape index (κ3) is 5.65. The SMILES string of the molecule is CCOc1ccc(NS(=O)(=O)c2ccc(C(=O)NC(C)c3ccc(C#N)cc3)cc2)cc1. The van der Waals surface area contributed by atoms with Gasteiger partial charge < -0.3 is 10.1 Å². The van der Waals surface area contributed by atoms with Crippen molar-refractivity contribution < 1.29 is 17.9 Å². The number of ether oxygens (including phenoxy) is 1. The van der Waals surface area contributed by atoms with E-state index in [0.29, 0.717) is 29.2 Å². The largest absolute Gasteiger partial charge is 0.494 e. The lowest BCUT2D eigenvalue weighted by atomic mass is 10.1. The van der Waals surface area contributed by atoms with Gasteiger partial charge in [-0.1, -0.05) is 12.1 Å². The van der Waals surface area contributed by atoms with Crippen molar-refractivity contribution in [3.05, 3.63) is 89.5 Å². The third-order valence-corrected chi connectivity index (χ3v) is 6.13. The number of benzene rings is 3. The molecule has 1 amide bonds. The van der Waals surface area contributed by atoms with Gasteiger partial charge in [0.05, 0.1) is 29.2 Å². The minimum absolute atomic E-state index is 0.0445. The molecule has 3 aromatic carbocycles. The van der Waals surface area contributed by atoms with Gasteiger partial charge in [0.2, 0.25) is 0 Å². The number of nitriles is 1. The van der Waals surface area contributed by atoms with Crippen LogP contribution < -0.4 is 14.8 Å². The Morgan fingerprint density at radius 3 is 2.19 bits per heavy atom. The number of nitrogens with zero attached hydrogens (tertiary/aromatic N) is 1. The smallest absolute Gasteiger partial charge is 0.261 e. The highest BCUT2D eigenvalue weighted by molar-refractivity contribution is 7.92. The molecule has 0 bridgehead atoms. The molecule has 1 unspecified atom stereocenters. The minimum atomic E-state index is -3.80. The van der Waals surface area contributed by atoms with Crippen LogP contribution in [0, 0.1) is 11.3 Å². The maximum absolute atomic E-state index is 12.6. The molecule has 0 spiro atoms. The highest BCUT2D eigenvalue weighted by Gasteiger charge is 2.16. The van der Waals surface area contributed by atoms with E-state index >= 15 is 0 Å². The summed E-state index contributed by atoms with van der Waals surface area (Å²) in [5.41, 5.74) is 2.15. The summed E-state index contributed by atoms with van der Waals surface area (Å²) in [5.74, 6) is 0.325. The van der Waals surface area contributed by atoms with Gasteiger partial charge in [0, 0.05) is 11.3 Å². The molecule has 7 nitrogen and oxygen atoms in total. The summed E-state index contributed by atoms with van der Waals surface area (Å²) in [5, 5.41) is 11.7. The number of hydrogen-bond acceptors (Lipinski definition) is 5. The number of nitrogens with one attached hydrogen (secondary N) is 2. The zero-order valence-electron chi connectivity index (χ0n) is 17.7. The van der Waals surface area contributed by atoms with Gasteiger partial charge >= 0.3 is 0 Å². The van der Waals surface area contributed by atoms with Crippen molar-refractivity contribution in [3.63, 3.8) is 0 Å². The first-order valence-electron chi connectivity index (χ1n) is 9.99. The van der Waals surface area contributed by atoms with Gasteiger partial charge in [0.25, 0.3) is 15.9 Å². The molecule has 2 N–H and O–H groups in total. The van der Waals surface area contributed by atoms with Gasteiger partial charge in [-0.2, -0.15) is 5.26 Å². The molecule has 0 heterocycles. The number of carbonyl (C=O) groups excluding carboxylic acids is 1. The summed E-state index contributed by atoms with van der Waals surface area (Å²) in [4.78, 5) is 12.6. The van der Waals surface area contributed by atoms with Crippen LogP contribution in [0.25, 0.3) is 0 Å². The van der Waals surface area contributed by atoms with Crippen LogP contribution in [-0.4, -0.2) is 20.9 Å². The van der Waals surface area contributed by atoms with Crippen LogP contribution in [0.5, 0.6) is 5.75 Å². The third-order valence-electron chi connectivity index (χ3n) is 4.73. The molecule has 0 aliphatic rings. The number of carbonyl (C=O) groups is 1. The fourth-order valence-electron chi connectivity index (χ4n) is 3.00. The Morgan fingerprint density at radius 2 is 1.62 bits per heavy atom. The second kappa shape index (κ2) is 9.98. The Labute approximate surface area is 187 Å². The number of amides is 1. The first-order valence-corrected chi connectivity index (χ1v) is 11.5. The standard InChI is InChI=1S/C24H23N3O4S/c1-3-31-22-12-10-21(11-13-22)27-32(29,30)23-14-8-20(9-15-23)24(28)26-17(2)19-6-4-18(16-25)5-7-19/h4-15,17,27H,3H2,1-2H3,(H,26,28). The van der Waals surface area contributed by atoms with Crippen molar-refractivity contribution >= 4 is 21.6 Å². The molecule has 32 heavy (non-hydrogen) atoms.